The predicted molar refractivity (Wildman–Crippen MR) is 108 cm³/mol. The lowest BCUT2D eigenvalue weighted by atomic mass is 10.3. The summed E-state index contributed by atoms with van der Waals surface area (Å²) in [5, 5.41) is 0. The molecule has 3 nitrogen and oxygen atoms in total. The molecule has 0 amide bonds. The van der Waals surface area contributed by atoms with Crippen LogP contribution in [0.5, 0.6) is 17.2 Å². The highest BCUT2D eigenvalue weighted by atomic mass is 127. The second-order valence-corrected chi connectivity index (χ2v) is 5.43. The highest BCUT2D eigenvalue weighted by molar-refractivity contribution is 14.1. The van der Waals surface area contributed by atoms with Crippen molar-refractivity contribution in [3.63, 3.8) is 0 Å². The first-order valence-corrected chi connectivity index (χ1v) is 10.5. The summed E-state index contributed by atoms with van der Waals surface area (Å²) in [6.45, 7) is 0. The summed E-state index contributed by atoms with van der Waals surface area (Å²) in [6.07, 6.45) is 0. The molecule has 0 aromatic heterocycles. The van der Waals surface area contributed by atoms with Gasteiger partial charge in [0.25, 0.3) is 0 Å². The lowest BCUT2D eigenvalue weighted by molar-refractivity contribution is 0.388. The van der Waals surface area contributed by atoms with Gasteiger partial charge in [0.05, 0.1) is 0 Å². The van der Waals surface area contributed by atoms with E-state index in [9.17, 15) is 0 Å². The van der Waals surface area contributed by atoms with Crippen molar-refractivity contribution in [3.05, 3.63) is 91.0 Å². The van der Waals surface area contributed by atoms with Crippen molar-refractivity contribution in [3.8, 4) is 17.2 Å². The number of alkyl halides is 1. The Hall–Kier alpha value is -1.78. The van der Waals surface area contributed by atoms with Crippen LogP contribution in [0.1, 0.15) is 0 Å². The maximum atomic E-state index is 5.84. The quantitative estimate of drug-likeness (QED) is 0.243. The molecule has 0 atom stereocenters. The summed E-state index contributed by atoms with van der Waals surface area (Å²) in [4.78, 5) is 1.97. The zero-order chi connectivity index (χ0) is 17.0. The van der Waals surface area contributed by atoms with Crippen molar-refractivity contribution >= 4 is 31.2 Å². The van der Waals surface area contributed by atoms with Gasteiger partial charge < -0.3 is 13.6 Å². The van der Waals surface area contributed by atoms with Gasteiger partial charge in [0.15, 0.2) is 0 Å². The standard InChI is InChI=1S/C18H15O3P.CH3I/c1-4-10-16(11-5-1)19-22(20-17-12-6-2-7-13-17)21-18-14-8-3-9-15-18;1-2/h1-15H;1H3. The Labute approximate surface area is 157 Å². The number of rotatable bonds is 6. The van der Waals surface area contributed by atoms with Gasteiger partial charge in [-0.05, 0) is 41.3 Å². The zero-order valence-corrected chi connectivity index (χ0v) is 16.3. The van der Waals surface area contributed by atoms with E-state index in [-0.39, 0.29) is 0 Å². The van der Waals surface area contributed by atoms with Gasteiger partial charge in [0, 0.05) is 0 Å². The van der Waals surface area contributed by atoms with Crippen molar-refractivity contribution in [2.24, 2.45) is 0 Å². The third kappa shape index (κ3) is 6.38. The summed E-state index contributed by atoms with van der Waals surface area (Å²) in [5.41, 5.74) is 0. The van der Waals surface area contributed by atoms with E-state index in [1.807, 2.05) is 95.9 Å². The van der Waals surface area contributed by atoms with Gasteiger partial charge in [0.1, 0.15) is 17.2 Å². The first-order chi connectivity index (χ1) is 11.9. The number of benzene rings is 3. The second kappa shape index (κ2) is 10.9. The van der Waals surface area contributed by atoms with Crippen LogP contribution in [0.2, 0.25) is 0 Å². The fourth-order valence-corrected chi connectivity index (χ4v) is 2.75. The molecular weight excluding hydrogens is 434 g/mol. The molecule has 5 heteroatoms. The molecule has 3 rings (SSSR count). The van der Waals surface area contributed by atoms with Gasteiger partial charge in [0.2, 0.25) is 0 Å². The molecule has 24 heavy (non-hydrogen) atoms. The fourth-order valence-electron chi connectivity index (χ4n) is 1.76. The number of hydrogen-bond donors (Lipinski definition) is 0. The summed E-state index contributed by atoms with van der Waals surface area (Å²) in [7, 11) is -1.59. The zero-order valence-electron chi connectivity index (χ0n) is 13.2. The van der Waals surface area contributed by atoms with Crippen LogP contribution in [0.25, 0.3) is 0 Å². The number of hydrogen-bond acceptors (Lipinski definition) is 3. The maximum absolute atomic E-state index is 5.84. The van der Waals surface area contributed by atoms with Gasteiger partial charge in [-0.1, -0.05) is 77.2 Å². The van der Waals surface area contributed by atoms with Gasteiger partial charge in [-0.25, -0.2) is 0 Å². The SMILES string of the molecule is CI.c1ccc(OP(Oc2ccccc2)Oc2ccccc2)cc1. The molecule has 3 aromatic rings. The van der Waals surface area contributed by atoms with E-state index in [2.05, 4.69) is 22.6 Å². The Morgan fingerprint density at radius 1 is 0.500 bits per heavy atom. The summed E-state index contributed by atoms with van der Waals surface area (Å²) in [6, 6.07) is 28.5. The molecule has 0 fully saturated rings. The van der Waals surface area contributed by atoms with Crippen molar-refractivity contribution in [2.75, 3.05) is 4.93 Å². The Kier molecular flexibility index (Phi) is 8.42. The molecule has 0 saturated heterocycles. The molecule has 0 unspecified atom stereocenters. The molecule has 124 valence electrons. The van der Waals surface area contributed by atoms with Gasteiger partial charge in [-0.2, -0.15) is 0 Å². The highest BCUT2D eigenvalue weighted by Gasteiger charge is 2.19. The topological polar surface area (TPSA) is 27.7 Å². The molecule has 0 aliphatic carbocycles. The molecule has 0 spiro atoms. The molecule has 0 N–H and O–H groups in total. The first-order valence-electron chi connectivity index (χ1n) is 7.27. The van der Waals surface area contributed by atoms with E-state index in [1.54, 1.807) is 0 Å². The van der Waals surface area contributed by atoms with E-state index in [0.29, 0.717) is 17.2 Å². The predicted octanol–water partition coefficient (Wildman–Crippen LogP) is 6.50. The van der Waals surface area contributed by atoms with E-state index < -0.39 is 8.60 Å². The molecule has 0 aliphatic heterocycles. The largest absolute Gasteiger partial charge is 0.530 e. The average molecular weight is 452 g/mol. The molecule has 3 aromatic carbocycles. The molecular formula is C19H18IO3P. The van der Waals surface area contributed by atoms with Crippen molar-refractivity contribution in [2.45, 2.75) is 0 Å². The van der Waals surface area contributed by atoms with Crippen LogP contribution in [-0.4, -0.2) is 4.93 Å². The highest BCUT2D eigenvalue weighted by Crippen LogP contribution is 2.41. The van der Waals surface area contributed by atoms with Gasteiger partial charge in [-0.3, -0.25) is 0 Å². The van der Waals surface area contributed by atoms with E-state index in [1.165, 1.54) is 0 Å². The second-order valence-electron chi connectivity index (χ2n) is 4.44. The van der Waals surface area contributed by atoms with E-state index in [4.69, 9.17) is 13.6 Å². The van der Waals surface area contributed by atoms with Crippen molar-refractivity contribution in [1.29, 1.82) is 0 Å². The molecule has 0 saturated carbocycles. The van der Waals surface area contributed by atoms with E-state index >= 15 is 0 Å². The third-order valence-corrected chi connectivity index (χ3v) is 3.85. The minimum atomic E-state index is -1.59. The van der Waals surface area contributed by atoms with E-state index in [0.717, 1.165) is 0 Å². The minimum absolute atomic E-state index is 0.709. The third-order valence-electron chi connectivity index (χ3n) is 2.77. The number of para-hydroxylation sites is 3. The number of halogens is 1. The Balaban J connectivity index is 0.00000100. The van der Waals surface area contributed by atoms with Gasteiger partial charge in [-0.15, -0.1) is 0 Å². The maximum Gasteiger partial charge on any atom is 0.530 e. The molecule has 0 bridgehead atoms. The molecule has 0 radical (unpaired) electrons. The molecule has 0 heterocycles. The van der Waals surface area contributed by atoms with Crippen LogP contribution in [0.4, 0.5) is 0 Å². The van der Waals surface area contributed by atoms with Crippen molar-refractivity contribution in [1.82, 2.24) is 0 Å². The Morgan fingerprint density at radius 2 is 0.750 bits per heavy atom. The van der Waals surface area contributed by atoms with Crippen LogP contribution >= 0.6 is 31.2 Å². The Morgan fingerprint density at radius 3 is 1.00 bits per heavy atom. The smallest absolute Gasteiger partial charge is 0.409 e. The fraction of sp³-hybridized carbons (Fsp3) is 0.0526. The monoisotopic (exact) mass is 452 g/mol. The summed E-state index contributed by atoms with van der Waals surface area (Å²) < 4.78 is 17.5. The van der Waals surface area contributed by atoms with Crippen LogP contribution in [0.3, 0.4) is 0 Å². The lowest BCUT2D eigenvalue weighted by Gasteiger charge is -2.17. The van der Waals surface area contributed by atoms with Crippen LogP contribution < -0.4 is 13.6 Å². The molecule has 0 aliphatic rings. The normalized spacial score (nSPS) is 9.62. The summed E-state index contributed by atoms with van der Waals surface area (Å²) in [5.74, 6) is 2.13. The summed E-state index contributed by atoms with van der Waals surface area (Å²) >= 11 is 2.15. The van der Waals surface area contributed by atoms with Crippen molar-refractivity contribution < 1.29 is 13.6 Å². The van der Waals surface area contributed by atoms with Crippen LogP contribution in [0, 0.1) is 0 Å². The Bertz CT molecular complexity index is 582. The average Bonchev–Trinajstić information content (AvgIpc) is 2.66. The first kappa shape index (κ1) is 18.6. The van der Waals surface area contributed by atoms with Gasteiger partial charge >= 0.3 is 8.60 Å². The van der Waals surface area contributed by atoms with Crippen LogP contribution in [0.15, 0.2) is 91.0 Å². The minimum Gasteiger partial charge on any atom is -0.409 e. The van der Waals surface area contributed by atoms with Crippen LogP contribution in [-0.2, 0) is 0 Å². The lowest BCUT2D eigenvalue weighted by Crippen LogP contribution is -2.02.